The van der Waals surface area contributed by atoms with Crippen molar-refractivity contribution in [2.24, 2.45) is 5.92 Å². The smallest absolute Gasteiger partial charge is 0.247 e. The molecule has 2 rings (SSSR count). The number of nitrogens with zero attached hydrogens (tertiary/aromatic N) is 2. The van der Waals surface area contributed by atoms with Gasteiger partial charge in [-0.2, -0.15) is 4.31 Å². The van der Waals surface area contributed by atoms with Crippen LogP contribution in [0.5, 0.6) is 11.5 Å². The number of likely N-dealkylation sites (tertiary alicyclic amines) is 1. The van der Waals surface area contributed by atoms with Gasteiger partial charge in [0.1, 0.15) is 16.4 Å². The Morgan fingerprint density at radius 3 is 2.44 bits per heavy atom. The van der Waals surface area contributed by atoms with Crippen molar-refractivity contribution in [3.63, 3.8) is 0 Å². The second-order valence-corrected chi connectivity index (χ2v) is 8.35. The number of benzene rings is 1. The molecule has 0 unspecified atom stereocenters. The molecule has 1 aliphatic rings. The number of ether oxygens (including phenoxy) is 2. The molecule has 0 atom stereocenters. The van der Waals surface area contributed by atoms with Crippen molar-refractivity contribution in [3.05, 3.63) is 18.2 Å². The van der Waals surface area contributed by atoms with Gasteiger partial charge in [0.25, 0.3) is 0 Å². The Balaban J connectivity index is 2.17. The lowest BCUT2D eigenvalue weighted by atomic mass is 9.99. The summed E-state index contributed by atoms with van der Waals surface area (Å²) in [5.41, 5.74) is 0. The van der Waals surface area contributed by atoms with Crippen LogP contribution in [0, 0.1) is 5.92 Å². The molecule has 140 valence electrons. The average Bonchev–Trinajstić information content (AvgIpc) is 2.61. The fourth-order valence-corrected chi connectivity index (χ4v) is 4.07. The van der Waals surface area contributed by atoms with E-state index in [0.29, 0.717) is 24.8 Å². The summed E-state index contributed by atoms with van der Waals surface area (Å²) in [5, 5.41) is 0. The predicted molar refractivity (Wildman–Crippen MR) is 94.3 cm³/mol. The van der Waals surface area contributed by atoms with Crippen molar-refractivity contribution in [2.45, 2.75) is 24.7 Å². The highest BCUT2D eigenvalue weighted by atomic mass is 32.2. The Morgan fingerprint density at radius 2 is 1.88 bits per heavy atom. The topological polar surface area (TPSA) is 76.1 Å². The molecule has 1 amide bonds. The van der Waals surface area contributed by atoms with E-state index in [9.17, 15) is 13.2 Å². The Hall–Kier alpha value is -1.80. The third-order valence-electron chi connectivity index (χ3n) is 4.55. The lowest BCUT2D eigenvalue weighted by Gasteiger charge is -2.31. The lowest BCUT2D eigenvalue weighted by molar-refractivity contribution is -0.132. The quantitative estimate of drug-likeness (QED) is 0.760. The first-order valence-electron chi connectivity index (χ1n) is 8.25. The lowest BCUT2D eigenvalue weighted by Crippen LogP contribution is -2.44. The average molecular weight is 370 g/mol. The third kappa shape index (κ3) is 4.43. The monoisotopic (exact) mass is 370 g/mol. The normalized spacial score (nSPS) is 16.1. The molecule has 1 heterocycles. The van der Waals surface area contributed by atoms with Crippen LogP contribution < -0.4 is 9.47 Å². The molecule has 0 bridgehead atoms. The van der Waals surface area contributed by atoms with E-state index in [-0.39, 0.29) is 23.1 Å². The minimum absolute atomic E-state index is 0.0167. The molecule has 0 aliphatic carbocycles. The third-order valence-corrected chi connectivity index (χ3v) is 6.38. The molecule has 25 heavy (non-hydrogen) atoms. The van der Waals surface area contributed by atoms with Crippen molar-refractivity contribution in [2.75, 3.05) is 40.9 Å². The second kappa shape index (κ2) is 8.05. The van der Waals surface area contributed by atoms with E-state index in [1.807, 2.05) is 0 Å². The molecular weight excluding hydrogens is 344 g/mol. The number of carbonyl (C=O) groups is 1. The molecule has 7 nitrogen and oxygen atoms in total. The van der Waals surface area contributed by atoms with Crippen LogP contribution in [0.25, 0.3) is 0 Å². The molecule has 1 aliphatic heterocycles. The van der Waals surface area contributed by atoms with Crippen LogP contribution >= 0.6 is 0 Å². The molecule has 0 N–H and O–H groups in total. The van der Waals surface area contributed by atoms with Gasteiger partial charge in [0, 0.05) is 26.2 Å². The molecule has 8 heteroatoms. The van der Waals surface area contributed by atoms with Gasteiger partial charge < -0.3 is 14.4 Å². The molecule has 1 saturated heterocycles. The summed E-state index contributed by atoms with van der Waals surface area (Å²) in [6.07, 6.45) is 1.90. The summed E-state index contributed by atoms with van der Waals surface area (Å²) < 4.78 is 37.1. The summed E-state index contributed by atoms with van der Waals surface area (Å²) in [4.78, 5) is 14.1. The molecule has 1 aromatic rings. The highest BCUT2D eigenvalue weighted by molar-refractivity contribution is 7.89. The maximum atomic E-state index is 12.9. The van der Waals surface area contributed by atoms with Gasteiger partial charge in [-0.3, -0.25) is 4.79 Å². The number of amides is 1. The van der Waals surface area contributed by atoms with Crippen LogP contribution in [0.4, 0.5) is 0 Å². The zero-order chi connectivity index (χ0) is 18.6. The van der Waals surface area contributed by atoms with Crippen LogP contribution in [0.15, 0.2) is 23.1 Å². The standard InChI is InChI=1S/C17H26N2O5S/c1-13-7-9-19(10-8-13)17(20)12-18(2)25(21,22)16-11-14(23-3)5-6-15(16)24-4/h5-6,11,13H,7-10,12H2,1-4H3. The van der Waals surface area contributed by atoms with E-state index >= 15 is 0 Å². The van der Waals surface area contributed by atoms with Gasteiger partial charge in [-0.05, 0) is 30.9 Å². The van der Waals surface area contributed by atoms with Gasteiger partial charge in [-0.1, -0.05) is 6.92 Å². The summed E-state index contributed by atoms with van der Waals surface area (Å²) in [6.45, 7) is 3.32. The first kappa shape index (κ1) is 19.5. The Kier molecular flexibility index (Phi) is 6.29. The first-order valence-corrected chi connectivity index (χ1v) is 9.69. The fourth-order valence-electron chi connectivity index (χ4n) is 2.79. The molecule has 0 saturated carbocycles. The van der Waals surface area contributed by atoms with Crippen molar-refractivity contribution >= 4 is 15.9 Å². The van der Waals surface area contributed by atoms with E-state index in [1.165, 1.54) is 33.4 Å². The number of likely N-dealkylation sites (N-methyl/N-ethyl adjacent to an activating group) is 1. The largest absolute Gasteiger partial charge is 0.497 e. The van der Waals surface area contributed by atoms with E-state index in [2.05, 4.69) is 6.92 Å². The predicted octanol–water partition coefficient (Wildman–Crippen LogP) is 1.58. The van der Waals surface area contributed by atoms with E-state index in [0.717, 1.165) is 17.1 Å². The maximum absolute atomic E-state index is 12.9. The number of methoxy groups -OCH3 is 2. The van der Waals surface area contributed by atoms with Crippen molar-refractivity contribution in [3.8, 4) is 11.5 Å². The fraction of sp³-hybridized carbons (Fsp3) is 0.588. The summed E-state index contributed by atoms with van der Waals surface area (Å²) in [7, 11) is 0.388. The highest BCUT2D eigenvalue weighted by Crippen LogP contribution is 2.30. The van der Waals surface area contributed by atoms with Gasteiger partial charge >= 0.3 is 0 Å². The molecule has 1 aromatic carbocycles. The summed E-state index contributed by atoms with van der Waals surface area (Å²) in [5.74, 6) is 1.04. The molecule has 0 radical (unpaired) electrons. The van der Waals surface area contributed by atoms with Gasteiger partial charge in [-0.15, -0.1) is 0 Å². The van der Waals surface area contributed by atoms with E-state index in [4.69, 9.17) is 9.47 Å². The number of rotatable bonds is 6. The van der Waals surface area contributed by atoms with Crippen molar-refractivity contribution < 1.29 is 22.7 Å². The van der Waals surface area contributed by atoms with Gasteiger partial charge in [0.2, 0.25) is 15.9 Å². The molecular formula is C17H26N2O5S. The molecule has 0 spiro atoms. The van der Waals surface area contributed by atoms with Crippen LogP contribution in [0.2, 0.25) is 0 Å². The SMILES string of the molecule is COc1ccc(OC)c(S(=O)(=O)N(C)CC(=O)N2CCC(C)CC2)c1. The van der Waals surface area contributed by atoms with Gasteiger partial charge in [0.05, 0.1) is 20.8 Å². The Labute approximate surface area is 149 Å². The Morgan fingerprint density at radius 1 is 1.24 bits per heavy atom. The second-order valence-electron chi connectivity index (χ2n) is 6.34. The highest BCUT2D eigenvalue weighted by Gasteiger charge is 2.29. The zero-order valence-corrected chi connectivity index (χ0v) is 16.0. The number of sulfonamides is 1. The van der Waals surface area contributed by atoms with E-state index in [1.54, 1.807) is 11.0 Å². The van der Waals surface area contributed by atoms with E-state index < -0.39 is 10.0 Å². The number of piperidine rings is 1. The van der Waals surface area contributed by atoms with Gasteiger partial charge in [0.15, 0.2) is 0 Å². The van der Waals surface area contributed by atoms with Crippen LogP contribution in [0.1, 0.15) is 19.8 Å². The number of hydrogen-bond acceptors (Lipinski definition) is 5. The molecule has 1 fully saturated rings. The van der Waals surface area contributed by atoms with Crippen molar-refractivity contribution in [1.82, 2.24) is 9.21 Å². The minimum Gasteiger partial charge on any atom is -0.497 e. The Bertz CT molecular complexity index is 712. The minimum atomic E-state index is -3.88. The van der Waals surface area contributed by atoms with Gasteiger partial charge in [-0.25, -0.2) is 8.42 Å². The van der Waals surface area contributed by atoms with Crippen LogP contribution in [-0.2, 0) is 14.8 Å². The summed E-state index contributed by atoms with van der Waals surface area (Å²) in [6, 6.07) is 4.56. The summed E-state index contributed by atoms with van der Waals surface area (Å²) >= 11 is 0. The zero-order valence-electron chi connectivity index (χ0n) is 15.2. The van der Waals surface area contributed by atoms with Crippen molar-refractivity contribution in [1.29, 1.82) is 0 Å². The maximum Gasteiger partial charge on any atom is 0.247 e. The van der Waals surface area contributed by atoms with Crippen LogP contribution in [-0.4, -0.2) is 64.4 Å². The van der Waals surface area contributed by atoms with Crippen LogP contribution in [0.3, 0.4) is 0 Å². The first-order chi connectivity index (χ1) is 11.8. The number of carbonyl (C=O) groups excluding carboxylic acids is 1. The molecule has 0 aromatic heterocycles. The number of hydrogen-bond donors (Lipinski definition) is 0.